The Morgan fingerprint density at radius 2 is 2.00 bits per heavy atom. The molecule has 0 amide bonds. The quantitative estimate of drug-likeness (QED) is 0.897. The van der Waals surface area contributed by atoms with Crippen LogP contribution in [0, 0.1) is 11.3 Å². The van der Waals surface area contributed by atoms with Crippen LogP contribution in [-0.4, -0.2) is 43.4 Å². The van der Waals surface area contributed by atoms with E-state index in [0.717, 1.165) is 24.4 Å². The molecule has 0 atom stereocenters. The standard InChI is InChI=1S/C17H19N5O2/c1-23-14-4-2-13(3-5-14)11-19-16-15(10-18)17(21-12-20-16)22-6-8-24-9-7-22/h2-5,12H,6-9,11H2,1H3,(H,19,20,21). The molecule has 0 unspecified atom stereocenters. The van der Waals surface area contributed by atoms with Gasteiger partial charge in [0.25, 0.3) is 0 Å². The largest absolute Gasteiger partial charge is 0.497 e. The van der Waals surface area contributed by atoms with E-state index in [1.54, 1.807) is 7.11 Å². The topological polar surface area (TPSA) is 83.3 Å². The fourth-order valence-corrected chi connectivity index (χ4v) is 2.56. The van der Waals surface area contributed by atoms with Crippen molar-refractivity contribution in [2.75, 3.05) is 43.6 Å². The summed E-state index contributed by atoms with van der Waals surface area (Å²) < 4.78 is 10.5. The van der Waals surface area contributed by atoms with Crippen LogP contribution in [0.4, 0.5) is 11.6 Å². The Kier molecular flexibility index (Phi) is 5.08. The Balaban J connectivity index is 1.76. The second kappa shape index (κ2) is 7.62. The summed E-state index contributed by atoms with van der Waals surface area (Å²) in [6, 6.07) is 9.98. The third-order valence-electron chi connectivity index (χ3n) is 3.87. The molecule has 0 bridgehead atoms. The molecule has 1 saturated heterocycles. The van der Waals surface area contributed by atoms with Gasteiger partial charge < -0.3 is 19.7 Å². The van der Waals surface area contributed by atoms with E-state index < -0.39 is 0 Å². The first-order valence-corrected chi connectivity index (χ1v) is 7.76. The minimum atomic E-state index is 0.466. The van der Waals surface area contributed by atoms with Crippen molar-refractivity contribution in [3.63, 3.8) is 0 Å². The van der Waals surface area contributed by atoms with Crippen molar-refractivity contribution in [2.24, 2.45) is 0 Å². The van der Waals surface area contributed by atoms with Crippen molar-refractivity contribution < 1.29 is 9.47 Å². The zero-order valence-electron chi connectivity index (χ0n) is 13.5. The van der Waals surface area contributed by atoms with Crippen LogP contribution in [0.5, 0.6) is 5.75 Å². The van der Waals surface area contributed by atoms with Gasteiger partial charge >= 0.3 is 0 Å². The molecular weight excluding hydrogens is 306 g/mol. The molecule has 7 heteroatoms. The molecule has 1 aromatic heterocycles. The number of nitrogens with zero attached hydrogens (tertiary/aromatic N) is 4. The highest BCUT2D eigenvalue weighted by Gasteiger charge is 2.19. The van der Waals surface area contributed by atoms with Gasteiger partial charge in [-0.1, -0.05) is 12.1 Å². The molecule has 24 heavy (non-hydrogen) atoms. The molecular formula is C17H19N5O2. The van der Waals surface area contributed by atoms with E-state index >= 15 is 0 Å². The van der Waals surface area contributed by atoms with Crippen molar-refractivity contribution in [2.45, 2.75) is 6.54 Å². The molecule has 0 spiro atoms. The fraction of sp³-hybridized carbons (Fsp3) is 0.353. The predicted octanol–water partition coefficient (Wildman–Crippen LogP) is 1.81. The van der Waals surface area contributed by atoms with Crippen LogP contribution in [0.15, 0.2) is 30.6 Å². The summed E-state index contributed by atoms with van der Waals surface area (Å²) in [6.45, 7) is 3.30. The van der Waals surface area contributed by atoms with Crippen molar-refractivity contribution >= 4 is 11.6 Å². The van der Waals surface area contributed by atoms with Crippen LogP contribution in [0.3, 0.4) is 0 Å². The van der Waals surface area contributed by atoms with Crippen LogP contribution in [0.1, 0.15) is 11.1 Å². The normalized spacial score (nSPS) is 14.1. The number of nitrogens with one attached hydrogen (secondary N) is 1. The van der Waals surface area contributed by atoms with Gasteiger partial charge in [0.05, 0.1) is 20.3 Å². The van der Waals surface area contributed by atoms with Gasteiger partial charge in [0.15, 0.2) is 5.82 Å². The van der Waals surface area contributed by atoms with Crippen LogP contribution in [0.2, 0.25) is 0 Å². The van der Waals surface area contributed by atoms with Gasteiger partial charge in [-0.3, -0.25) is 0 Å². The Bertz CT molecular complexity index is 721. The molecule has 7 nitrogen and oxygen atoms in total. The summed E-state index contributed by atoms with van der Waals surface area (Å²) >= 11 is 0. The van der Waals surface area contributed by atoms with Crippen molar-refractivity contribution in [1.29, 1.82) is 5.26 Å². The summed E-state index contributed by atoms with van der Waals surface area (Å²) in [5.74, 6) is 2.02. The SMILES string of the molecule is COc1ccc(CNc2ncnc(N3CCOCC3)c2C#N)cc1. The maximum Gasteiger partial charge on any atom is 0.152 e. The van der Waals surface area contributed by atoms with E-state index in [1.807, 2.05) is 24.3 Å². The lowest BCUT2D eigenvalue weighted by Crippen LogP contribution is -2.37. The molecule has 1 aliphatic rings. The lowest BCUT2D eigenvalue weighted by atomic mass is 10.2. The van der Waals surface area contributed by atoms with Crippen LogP contribution in [0.25, 0.3) is 0 Å². The van der Waals surface area contributed by atoms with Gasteiger partial charge in [-0.15, -0.1) is 0 Å². The molecule has 3 rings (SSSR count). The number of ether oxygens (including phenoxy) is 2. The van der Waals surface area contributed by atoms with Crippen molar-refractivity contribution in [1.82, 2.24) is 9.97 Å². The maximum absolute atomic E-state index is 9.55. The number of morpholine rings is 1. The summed E-state index contributed by atoms with van der Waals surface area (Å²) in [5, 5.41) is 12.8. The van der Waals surface area contributed by atoms with E-state index in [1.165, 1.54) is 6.33 Å². The van der Waals surface area contributed by atoms with E-state index in [-0.39, 0.29) is 0 Å². The number of hydrogen-bond acceptors (Lipinski definition) is 7. The molecule has 0 aliphatic carbocycles. The van der Waals surface area contributed by atoms with Gasteiger partial charge in [0, 0.05) is 19.6 Å². The fourth-order valence-electron chi connectivity index (χ4n) is 2.56. The Morgan fingerprint density at radius 3 is 2.67 bits per heavy atom. The second-order valence-electron chi connectivity index (χ2n) is 5.33. The second-order valence-corrected chi connectivity index (χ2v) is 5.33. The Labute approximate surface area is 140 Å². The van der Waals surface area contributed by atoms with E-state index in [9.17, 15) is 5.26 Å². The highest BCUT2D eigenvalue weighted by Crippen LogP contribution is 2.23. The minimum Gasteiger partial charge on any atom is -0.497 e. The lowest BCUT2D eigenvalue weighted by molar-refractivity contribution is 0.122. The molecule has 1 fully saturated rings. The third-order valence-corrected chi connectivity index (χ3v) is 3.87. The Hall–Kier alpha value is -2.85. The zero-order valence-corrected chi connectivity index (χ0v) is 13.5. The predicted molar refractivity (Wildman–Crippen MR) is 90.1 cm³/mol. The number of rotatable bonds is 5. The van der Waals surface area contributed by atoms with Gasteiger partial charge in [0.1, 0.15) is 29.5 Å². The number of nitriles is 1. The minimum absolute atomic E-state index is 0.466. The van der Waals surface area contributed by atoms with E-state index in [2.05, 4.69) is 26.3 Å². The average molecular weight is 325 g/mol. The highest BCUT2D eigenvalue weighted by atomic mass is 16.5. The molecule has 1 aromatic carbocycles. The van der Waals surface area contributed by atoms with Gasteiger partial charge in [0.2, 0.25) is 0 Å². The smallest absolute Gasteiger partial charge is 0.152 e. The highest BCUT2D eigenvalue weighted by molar-refractivity contribution is 5.65. The summed E-state index contributed by atoms with van der Waals surface area (Å²) in [6.07, 6.45) is 1.49. The Morgan fingerprint density at radius 1 is 1.25 bits per heavy atom. The maximum atomic E-state index is 9.55. The molecule has 2 heterocycles. The van der Waals surface area contributed by atoms with E-state index in [4.69, 9.17) is 9.47 Å². The summed E-state index contributed by atoms with van der Waals surface area (Å²) in [5.41, 5.74) is 1.54. The van der Waals surface area contributed by atoms with Gasteiger partial charge in [-0.2, -0.15) is 5.26 Å². The molecule has 0 radical (unpaired) electrons. The number of hydrogen-bond donors (Lipinski definition) is 1. The lowest BCUT2D eigenvalue weighted by Gasteiger charge is -2.28. The third kappa shape index (κ3) is 3.55. The van der Waals surface area contributed by atoms with Gasteiger partial charge in [-0.25, -0.2) is 9.97 Å². The molecule has 1 N–H and O–H groups in total. The number of benzene rings is 1. The summed E-state index contributed by atoms with van der Waals surface area (Å²) in [7, 11) is 1.64. The molecule has 1 aliphatic heterocycles. The first-order chi connectivity index (χ1) is 11.8. The first-order valence-electron chi connectivity index (χ1n) is 7.76. The zero-order chi connectivity index (χ0) is 16.8. The molecule has 0 saturated carbocycles. The summed E-state index contributed by atoms with van der Waals surface area (Å²) in [4.78, 5) is 10.6. The van der Waals surface area contributed by atoms with Crippen molar-refractivity contribution in [3.05, 3.63) is 41.7 Å². The van der Waals surface area contributed by atoms with Crippen molar-refractivity contribution in [3.8, 4) is 11.8 Å². The van der Waals surface area contributed by atoms with Crippen LogP contribution >= 0.6 is 0 Å². The van der Waals surface area contributed by atoms with Gasteiger partial charge in [-0.05, 0) is 17.7 Å². The average Bonchev–Trinajstić information content (AvgIpc) is 2.67. The van der Waals surface area contributed by atoms with Crippen LogP contribution < -0.4 is 15.0 Å². The number of anilines is 2. The molecule has 2 aromatic rings. The van der Waals surface area contributed by atoms with Crippen LogP contribution in [-0.2, 0) is 11.3 Å². The number of methoxy groups -OCH3 is 1. The first kappa shape index (κ1) is 16.0. The monoisotopic (exact) mass is 325 g/mol. The molecule has 124 valence electrons. The van der Waals surface area contributed by atoms with E-state index in [0.29, 0.717) is 37.0 Å². The number of aromatic nitrogens is 2.